The van der Waals surface area contributed by atoms with Crippen molar-refractivity contribution in [1.29, 1.82) is 0 Å². The van der Waals surface area contributed by atoms with Crippen LogP contribution in [0.25, 0.3) is 0 Å². The lowest BCUT2D eigenvalue weighted by atomic mass is 10.1. The topological polar surface area (TPSA) is 64.6 Å². The molecule has 148 valence electrons. The number of esters is 1. The quantitative estimate of drug-likeness (QED) is 0.554. The fraction of sp³-hybridized carbons (Fsp3) is 0.0909. The van der Waals surface area contributed by atoms with Gasteiger partial charge >= 0.3 is 5.97 Å². The molecule has 0 saturated heterocycles. The Morgan fingerprint density at radius 2 is 1.59 bits per heavy atom. The van der Waals surface area contributed by atoms with Crippen molar-refractivity contribution < 1.29 is 23.5 Å². The second-order valence-electron chi connectivity index (χ2n) is 6.03. The lowest BCUT2D eigenvalue weighted by molar-refractivity contribution is -0.146. The van der Waals surface area contributed by atoms with Crippen molar-refractivity contribution in [2.45, 2.75) is 6.42 Å². The number of nitrogens with one attached hydrogen (secondary N) is 1. The van der Waals surface area contributed by atoms with Crippen LogP contribution in [-0.2, 0) is 20.7 Å². The van der Waals surface area contributed by atoms with E-state index < -0.39 is 24.3 Å². The molecule has 0 aliphatic rings. The van der Waals surface area contributed by atoms with Crippen molar-refractivity contribution in [2.75, 3.05) is 11.9 Å². The van der Waals surface area contributed by atoms with E-state index in [-0.39, 0.29) is 17.0 Å². The van der Waals surface area contributed by atoms with Gasteiger partial charge in [0.2, 0.25) is 0 Å². The molecule has 0 fully saturated rings. The zero-order chi connectivity index (χ0) is 20.6. The van der Waals surface area contributed by atoms with E-state index in [1.54, 1.807) is 24.3 Å². The van der Waals surface area contributed by atoms with Gasteiger partial charge in [0.15, 0.2) is 6.61 Å². The maximum absolute atomic E-state index is 13.7. The van der Waals surface area contributed by atoms with E-state index in [2.05, 4.69) is 5.32 Å². The number of benzene rings is 3. The Morgan fingerprint density at radius 3 is 2.28 bits per heavy atom. The third kappa shape index (κ3) is 6.05. The normalized spacial score (nSPS) is 10.3. The largest absolute Gasteiger partial charge is 0.457 e. The highest BCUT2D eigenvalue weighted by atomic mass is 35.5. The van der Waals surface area contributed by atoms with Crippen molar-refractivity contribution in [3.05, 3.63) is 89.2 Å². The first-order valence-corrected chi connectivity index (χ1v) is 9.10. The summed E-state index contributed by atoms with van der Waals surface area (Å²) in [6, 6.07) is 20.1. The number of hydrogen-bond acceptors (Lipinski definition) is 4. The second-order valence-corrected chi connectivity index (χ2v) is 6.43. The number of hydrogen-bond donors (Lipinski definition) is 1. The van der Waals surface area contributed by atoms with Gasteiger partial charge in [0.05, 0.1) is 6.42 Å². The highest BCUT2D eigenvalue weighted by molar-refractivity contribution is 6.31. The molecule has 5 nitrogen and oxygen atoms in total. The predicted octanol–water partition coefficient (Wildman–Crippen LogP) is 5.00. The Hall–Kier alpha value is -3.38. The van der Waals surface area contributed by atoms with E-state index in [0.717, 1.165) is 0 Å². The minimum Gasteiger partial charge on any atom is -0.457 e. The molecule has 3 rings (SSSR count). The van der Waals surface area contributed by atoms with Gasteiger partial charge in [-0.05, 0) is 48.5 Å². The molecule has 0 spiro atoms. The molecule has 0 bridgehead atoms. The number of ether oxygens (including phenoxy) is 2. The van der Waals surface area contributed by atoms with Crippen LogP contribution < -0.4 is 10.1 Å². The van der Waals surface area contributed by atoms with Crippen LogP contribution >= 0.6 is 11.6 Å². The van der Waals surface area contributed by atoms with Crippen molar-refractivity contribution in [1.82, 2.24) is 0 Å². The number of carbonyl (C=O) groups is 2. The molecule has 1 amide bonds. The summed E-state index contributed by atoms with van der Waals surface area (Å²) >= 11 is 5.87. The Kier molecular flexibility index (Phi) is 6.81. The maximum Gasteiger partial charge on any atom is 0.310 e. The molecule has 3 aromatic rings. The Balaban J connectivity index is 1.47. The predicted molar refractivity (Wildman–Crippen MR) is 108 cm³/mol. The third-order valence-corrected chi connectivity index (χ3v) is 4.22. The van der Waals surface area contributed by atoms with Crippen molar-refractivity contribution in [3.63, 3.8) is 0 Å². The molecule has 0 aliphatic carbocycles. The number of halogens is 2. The van der Waals surface area contributed by atoms with Crippen molar-refractivity contribution >= 4 is 29.2 Å². The average Bonchev–Trinajstić information content (AvgIpc) is 2.72. The summed E-state index contributed by atoms with van der Waals surface area (Å²) in [4.78, 5) is 23.8. The summed E-state index contributed by atoms with van der Waals surface area (Å²) in [7, 11) is 0. The van der Waals surface area contributed by atoms with Gasteiger partial charge in [0.1, 0.15) is 17.3 Å². The Labute approximate surface area is 172 Å². The number of para-hydroxylation sites is 1. The molecule has 0 saturated carbocycles. The SMILES string of the molecule is O=C(COC(=O)Cc1c(F)cccc1Cl)Nc1ccc(Oc2ccccc2)cc1. The van der Waals surface area contributed by atoms with Crippen molar-refractivity contribution in [2.24, 2.45) is 0 Å². The summed E-state index contributed by atoms with van der Waals surface area (Å²) < 4.78 is 24.2. The lowest BCUT2D eigenvalue weighted by Crippen LogP contribution is -2.21. The standard InChI is InChI=1S/C22H17ClFNO4/c23-19-7-4-8-20(24)18(19)13-22(27)28-14-21(26)25-15-9-11-17(12-10-15)29-16-5-2-1-3-6-16/h1-12H,13-14H2,(H,25,26). The molecule has 29 heavy (non-hydrogen) atoms. The number of anilines is 1. The number of amides is 1. The van der Waals surface area contributed by atoms with E-state index >= 15 is 0 Å². The zero-order valence-corrected chi connectivity index (χ0v) is 16.0. The van der Waals surface area contributed by atoms with Gasteiger partial charge in [-0.3, -0.25) is 9.59 Å². The van der Waals surface area contributed by atoms with Gasteiger partial charge in [0.25, 0.3) is 5.91 Å². The van der Waals surface area contributed by atoms with Crippen molar-refractivity contribution in [3.8, 4) is 11.5 Å². The van der Waals surface area contributed by atoms with Gasteiger partial charge in [-0.2, -0.15) is 0 Å². The molecule has 1 N–H and O–H groups in total. The lowest BCUT2D eigenvalue weighted by Gasteiger charge is -2.09. The third-order valence-electron chi connectivity index (χ3n) is 3.86. The molecule has 3 aromatic carbocycles. The second kappa shape index (κ2) is 9.71. The number of carbonyl (C=O) groups excluding carboxylic acids is 2. The Morgan fingerprint density at radius 1 is 0.897 bits per heavy atom. The van der Waals surface area contributed by atoms with Gasteiger partial charge in [-0.1, -0.05) is 35.9 Å². The van der Waals surface area contributed by atoms with Crippen LogP contribution in [0.1, 0.15) is 5.56 Å². The van der Waals surface area contributed by atoms with E-state index in [0.29, 0.717) is 17.2 Å². The summed E-state index contributed by atoms with van der Waals surface area (Å²) in [6.45, 7) is -0.493. The molecule has 0 heterocycles. The van der Waals surface area contributed by atoms with Gasteiger partial charge < -0.3 is 14.8 Å². The molecular formula is C22H17ClFNO4. The van der Waals surface area contributed by atoms with Crippen LogP contribution in [0.2, 0.25) is 5.02 Å². The molecule has 0 atom stereocenters. The van der Waals surface area contributed by atoms with Crippen LogP contribution in [0, 0.1) is 5.82 Å². The molecule has 0 radical (unpaired) electrons. The van der Waals surface area contributed by atoms with Gasteiger partial charge in [-0.15, -0.1) is 0 Å². The minimum absolute atomic E-state index is 0.0357. The van der Waals surface area contributed by atoms with Gasteiger partial charge in [0, 0.05) is 16.3 Å². The van der Waals surface area contributed by atoms with Crippen LogP contribution in [0.3, 0.4) is 0 Å². The highest BCUT2D eigenvalue weighted by Gasteiger charge is 2.14. The molecule has 0 aromatic heterocycles. The fourth-order valence-electron chi connectivity index (χ4n) is 2.47. The first kappa shape index (κ1) is 20.4. The van der Waals surface area contributed by atoms with Crippen LogP contribution in [0.4, 0.5) is 10.1 Å². The summed E-state index contributed by atoms with van der Waals surface area (Å²) in [6.07, 6.45) is -0.357. The van der Waals surface area contributed by atoms with Crippen LogP contribution in [0.15, 0.2) is 72.8 Å². The van der Waals surface area contributed by atoms with E-state index in [1.807, 2.05) is 30.3 Å². The summed E-state index contributed by atoms with van der Waals surface area (Å²) in [5.74, 6) is -0.557. The monoisotopic (exact) mass is 413 g/mol. The Bertz CT molecular complexity index is 973. The molecular weight excluding hydrogens is 397 g/mol. The molecule has 0 unspecified atom stereocenters. The zero-order valence-electron chi connectivity index (χ0n) is 15.2. The van der Waals surface area contributed by atoms with E-state index in [1.165, 1.54) is 18.2 Å². The average molecular weight is 414 g/mol. The number of rotatable bonds is 7. The highest BCUT2D eigenvalue weighted by Crippen LogP contribution is 2.23. The fourth-order valence-corrected chi connectivity index (χ4v) is 2.70. The maximum atomic E-state index is 13.7. The first-order chi connectivity index (χ1) is 14.0. The van der Waals surface area contributed by atoms with Crippen LogP contribution in [-0.4, -0.2) is 18.5 Å². The van der Waals surface area contributed by atoms with Crippen LogP contribution in [0.5, 0.6) is 11.5 Å². The molecule has 0 aliphatic heterocycles. The van der Waals surface area contributed by atoms with E-state index in [4.69, 9.17) is 21.1 Å². The summed E-state index contributed by atoms with van der Waals surface area (Å²) in [5.41, 5.74) is 0.553. The first-order valence-electron chi connectivity index (χ1n) is 8.72. The minimum atomic E-state index is -0.751. The smallest absolute Gasteiger partial charge is 0.310 e. The summed E-state index contributed by atoms with van der Waals surface area (Å²) in [5, 5.41) is 2.73. The molecule has 7 heteroatoms. The van der Waals surface area contributed by atoms with E-state index in [9.17, 15) is 14.0 Å². The van der Waals surface area contributed by atoms with Gasteiger partial charge in [-0.25, -0.2) is 4.39 Å².